The molecule has 0 spiro atoms. The summed E-state index contributed by atoms with van der Waals surface area (Å²) in [5, 5.41) is 11.0. The van der Waals surface area contributed by atoms with Crippen molar-refractivity contribution in [3.63, 3.8) is 0 Å². The van der Waals surface area contributed by atoms with Gasteiger partial charge in [-0.15, -0.1) is 0 Å². The Balaban J connectivity index is 2.63. The van der Waals surface area contributed by atoms with Gasteiger partial charge in [0.05, 0.1) is 11.1 Å². The van der Waals surface area contributed by atoms with Gasteiger partial charge in [-0.1, -0.05) is 0 Å². The van der Waals surface area contributed by atoms with Crippen molar-refractivity contribution < 1.29 is 0 Å². The third-order valence-corrected chi connectivity index (χ3v) is 2.04. The number of nitrogens with one attached hydrogen (secondary N) is 2. The average molecular weight is 206 g/mol. The predicted octanol–water partition coefficient (Wildman–Crippen LogP) is 1.06. The highest BCUT2D eigenvalue weighted by Crippen LogP contribution is 2.22. The van der Waals surface area contributed by atoms with E-state index in [-0.39, 0.29) is 12.0 Å². The number of nitrogens with two attached hydrogens (primary N) is 1. The summed E-state index contributed by atoms with van der Waals surface area (Å²) >= 11 is 0. The molecule has 15 heavy (non-hydrogen) atoms. The van der Waals surface area contributed by atoms with Gasteiger partial charge in [0.2, 0.25) is 5.95 Å². The number of nitrogen functional groups attached to an aromatic ring is 1. The summed E-state index contributed by atoms with van der Waals surface area (Å²) in [6.45, 7) is 5.99. The van der Waals surface area contributed by atoms with Crippen molar-refractivity contribution >= 4 is 22.8 Å². The zero-order valence-electron chi connectivity index (χ0n) is 9.00. The lowest BCUT2D eigenvalue weighted by molar-refractivity contribution is 0.891. The van der Waals surface area contributed by atoms with E-state index >= 15 is 0 Å². The van der Waals surface area contributed by atoms with Crippen LogP contribution >= 0.6 is 0 Å². The first-order valence-corrected chi connectivity index (χ1v) is 4.82. The Hall–Kier alpha value is -1.85. The quantitative estimate of drug-likeness (QED) is 0.683. The second kappa shape index (κ2) is 3.38. The van der Waals surface area contributed by atoms with Crippen LogP contribution in [0.3, 0.4) is 0 Å². The smallest absolute Gasteiger partial charge is 0.224 e. The molecule has 0 saturated heterocycles. The van der Waals surface area contributed by atoms with E-state index in [9.17, 15) is 0 Å². The minimum Gasteiger partial charge on any atom is -0.368 e. The zero-order valence-corrected chi connectivity index (χ0v) is 9.00. The fourth-order valence-corrected chi connectivity index (χ4v) is 1.47. The Morgan fingerprint density at radius 1 is 1.33 bits per heavy atom. The van der Waals surface area contributed by atoms with Crippen molar-refractivity contribution in [3.8, 4) is 0 Å². The number of aromatic amines is 1. The zero-order chi connectivity index (χ0) is 11.0. The van der Waals surface area contributed by atoms with Gasteiger partial charge in [-0.2, -0.15) is 15.1 Å². The van der Waals surface area contributed by atoms with Gasteiger partial charge in [0.15, 0.2) is 5.65 Å². The number of H-pyrrole nitrogens is 1. The standard InChI is InChI=1S/C9H14N6/c1-4(2)11-7-6-5(3)14-15-8(6)13-9(10)12-7/h4H,1-3H3,(H4,10,11,12,13,14,15). The van der Waals surface area contributed by atoms with Gasteiger partial charge < -0.3 is 11.1 Å². The number of anilines is 2. The van der Waals surface area contributed by atoms with Gasteiger partial charge in [-0.05, 0) is 20.8 Å². The molecule has 0 radical (unpaired) electrons. The van der Waals surface area contributed by atoms with Crippen LogP contribution in [0.2, 0.25) is 0 Å². The number of fused-ring (bicyclic) bond motifs is 1. The fraction of sp³-hybridized carbons (Fsp3) is 0.444. The van der Waals surface area contributed by atoms with Crippen LogP contribution in [0.4, 0.5) is 11.8 Å². The molecule has 0 aliphatic carbocycles. The molecule has 0 atom stereocenters. The van der Waals surface area contributed by atoms with Crippen LogP contribution in [0, 0.1) is 6.92 Å². The number of nitrogens with zero attached hydrogens (tertiary/aromatic N) is 3. The molecular formula is C9H14N6. The van der Waals surface area contributed by atoms with Gasteiger partial charge in [0.25, 0.3) is 0 Å². The molecule has 4 N–H and O–H groups in total. The van der Waals surface area contributed by atoms with Crippen molar-refractivity contribution in [2.24, 2.45) is 0 Å². The van der Waals surface area contributed by atoms with Crippen LogP contribution in [0.25, 0.3) is 11.0 Å². The minimum atomic E-state index is 0.245. The molecule has 2 rings (SSSR count). The van der Waals surface area contributed by atoms with Crippen LogP contribution in [0.5, 0.6) is 0 Å². The summed E-state index contributed by atoms with van der Waals surface area (Å²) in [5.41, 5.74) is 7.14. The first kappa shape index (κ1) is 9.70. The molecule has 80 valence electrons. The largest absolute Gasteiger partial charge is 0.368 e. The summed E-state index contributed by atoms with van der Waals surface area (Å²) < 4.78 is 0. The molecule has 0 bridgehead atoms. The average Bonchev–Trinajstić information content (AvgIpc) is 2.46. The first-order chi connectivity index (χ1) is 7.08. The molecular weight excluding hydrogens is 192 g/mol. The maximum atomic E-state index is 5.60. The Morgan fingerprint density at radius 3 is 2.73 bits per heavy atom. The van der Waals surface area contributed by atoms with Gasteiger partial charge in [0.1, 0.15) is 5.82 Å². The molecule has 0 aliphatic heterocycles. The molecule has 6 heteroatoms. The summed E-state index contributed by atoms with van der Waals surface area (Å²) in [4.78, 5) is 8.24. The Labute approximate surface area is 87.3 Å². The second-order valence-electron chi connectivity index (χ2n) is 3.76. The highest BCUT2D eigenvalue weighted by Gasteiger charge is 2.11. The molecule has 0 aromatic carbocycles. The maximum absolute atomic E-state index is 5.60. The highest BCUT2D eigenvalue weighted by atomic mass is 15.2. The van der Waals surface area contributed by atoms with E-state index in [0.29, 0.717) is 5.65 Å². The van der Waals surface area contributed by atoms with Crippen LogP contribution in [0.1, 0.15) is 19.5 Å². The second-order valence-corrected chi connectivity index (χ2v) is 3.76. The van der Waals surface area contributed by atoms with Gasteiger partial charge in [-0.25, -0.2) is 0 Å². The van der Waals surface area contributed by atoms with E-state index in [1.807, 2.05) is 20.8 Å². The SMILES string of the molecule is Cc1n[nH]c2nc(N)nc(NC(C)C)c12. The molecule has 0 aliphatic rings. The van der Waals surface area contributed by atoms with Crippen LogP contribution in [-0.4, -0.2) is 26.2 Å². The minimum absolute atomic E-state index is 0.245. The molecule has 2 aromatic rings. The summed E-state index contributed by atoms with van der Waals surface area (Å²) in [7, 11) is 0. The number of aryl methyl sites for hydroxylation is 1. The molecule has 0 fully saturated rings. The lowest BCUT2D eigenvalue weighted by Crippen LogP contribution is -2.12. The molecule has 6 nitrogen and oxygen atoms in total. The first-order valence-electron chi connectivity index (χ1n) is 4.82. The van der Waals surface area contributed by atoms with Gasteiger partial charge in [-0.3, -0.25) is 5.10 Å². The van der Waals surface area contributed by atoms with E-state index in [1.54, 1.807) is 0 Å². The van der Waals surface area contributed by atoms with Crippen molar-refractivity contribution in [1.29, 1.82) is 0 Å². The van der Waals surface area contributed by atoms with Gasteiger partial charge >= 0.3 is 0 Å². The lowest BCUT2D eigenvalue weighted by Gasteiger charge is -2.10. The van der Waals surface area contributed by atoms with Crippen molar-refractivity contribution in [2.45, 2.75) is 26.8 Å². The van der Waals surface area contributed by atoms with E-state index in [4.69, 9.17) is 5.73 Å². The van der Waals surface area contributed by atoms with Crippen molar-refractivity contribution in [1.82, 2.24) is 20.2 Å². The Morgan fingerprint density at radius 2 is 2.07 bits per heavy atom. The maximum Gasteiger partial charge on any atom is 0.224 e. The van der Waals surface area contributed by atoms with Crippen LogP contribution in [0.15, 0.2) is 0 Å². The third kappa shape index (κ3) is 1.70. The Kier molecular flexibility index (Phi) is 2.18. The third-order valence-electron chi connectivity index (χ3n) is 2.04. The molecule has 2 aromatic heterocycles. The van der Waals surface area contributed by atoms with Crippen molar-refractivity contribution in [2.75, 3.05) is 11.1 Å². The molecule has 0 saturated carbocycles. The number of aromatic nitrogens is 4. The summed E-state index contributed by atoms with van der Waals surface area (Å²) in [6, 6.07) is 0.289. The van der Waals surface area contributed by atoms with E-state index in [0.717, 1.165) is 16.9 Å². The molecule has 0 unspecified atom stereocenters. The lowest BCUT2D eigenvalue weighted by atomic mass is 10.3. The van der Waals surface area contributed by atoms with Gasteiger partial charge in [0, 0.05) is 6.04 Å². The fourth-order valence-electron chi connectivity index (χ4n) is 1.47. The summed E-state index contributed by atoms with van der Waals surface area (Å²) in [6.07, 6.45) is 0. The topological polar surface area (TPSA) is 92.5 Å². The van der Waals surface area contributed by atoms with E-state index < -0.39 is 0 Å². The van der Waals surface area contributed by atoms with Crippen LogP contribution < -0.4 is 11.1 Å². The van der Waals surface area contributed by atoms with E-state index in [2.05, 4.69) is 25.5 Å². The highest BCUT2D eigenvalue weighted by molar-refractivity contribution is 5.89. The van der Waals surface area contributed by atoms with Crippen LogP contribution in [-0.2, 0) is 0 Å². The molecule has 2 heterocycles. The van der Waals surface area contributed by atoms with Crippen molar-refractivity contribution in [3.05, 3.63) is 5.69 Å². The number of hydrogen-bond donors (Lipinski definition) is 3. The predicted molar refractivity (Wildman–Crippen MR) is 59.6 cm³/mol. The summed E-state index contributed by atoms with van der Waals surface area (Å²) in [5.74, 6) is 0.980. The van der Waals surface area contributed by atoms with E-state index in [1.165, 1.54) is 0 Å². The number of rotatable bonds is 2. The normalized spacial score (nSPS) is 11.2. The monoisotopic (exact) mass is 206 g/mol. The molecule has 0 amide bonds. The number of hydrogen-bond acceptors (Lipinski definition) is 5. The Bertz CT molecular complexity index is 487.